The number of ether oxygens (including phenoxy) is 1. The average molecular weight is 596 g/mol. The van der Waals surface area contributed by atoms with Crippen molar-refractivity contribution in [1.29, 1.82) is 0 Å². The number of aliphatic carboxylic acids is 1. The monoisotopic (exact) mass is 595 g/mol. The molecule has 0 unspecified atom stereocenters. The highest BCUT2D eigenvalue weighted by Gasteiger charge is 2.32. The Labute approximate surface area is 243 Å². The molecule has 0 fully saturated rings. The van der Waals surface area contributed by atoms with Crippen LogP contribution in [-0.4, -0.2) is 94.4 Å². The summed E-state index contributed by atoms with van der Waals surface area (Å²) in [6.45, 7) is 6.40. The normalized spacial score (nSPS) is 13.9. The number of hydrogen-bond acceptors (Lipinski definition) is 9. The molecule has 4 atom stereocenters. The summed E-state index contributed by atoms with van der Waals surface area (Å²) in [6.07, 6.45) is -0.458. The number of carboxylic acids is 1. The molecule has 1 aromatic rings. The van der Waals surface area contributed by atoms with E-state index in [2.05, 4.69) is 26.6 Å². The highest BCUT2D eigenvalue weighted by Crippen LogP contribution is 2.13. The van der Waals surface area contributed by atoms with Crippen LogP contribution in [0.3, 0.4) is 0 Å². The molecule has 15 heteroatoms. The number of aliphatic hydroxyl groups excluding tert-OH is 1. The first-order valence-electron chi connectivity index (χ1n) is 13.3. The lowest BCUT2D eigenvalue weighted by molar-refractivity contribution is -0.138. The molecule has 0 aliphatic carbocycles. The SMILES string of the molecule is CC[C@H](C)[C@H](NC(=O)OC(C)(C)C)C(=O)N[C@@H](CO)C(=O)N[C@@H](Cc1ccc(O)cc1)C(=O)NCC(=O)NCC(=O)O. The van der Waals surface area contributed by atoms with Gasteiger partial charge in [0.15, 0.2) is 0 Å². The minimum absolute atomic E-state index is 0.0298. The fourth-order valence-corrected chi connectivity index (χ4v) is 3.47. The molecule has 0 aliphatic heterocycles. The predicted molar refractivity (Wildman–Crippen MR) is 149 cm³/mol. The van der Waals surface area contributed by atoms with Gasteiger partial charge in [0.05, 0.1) is 13.2 Å². The predicted octanol–water partition coefficient (Wildman–Crippen LogP) is -0.847. The zero-order valence-corrected chi connectivity index (χ0v) is 24.4. The van der Waals surface area contributed by atoms with Crippen LogP contribution in [-0.2, 0) is 35.1 Å². The summed E-state index contributed by atoms with van der Waals surface area (Å²) < 4.78 is 5.23. The lowest BCUT2D eigenvalue weighted by Crippen LogP contribution is -2.59. The van der Waals surface area contributed by atoms with E-state index >= 15 is 0 Å². The van der Waals surface area contributed by atoms with Gasteiger partial charge in [-0.15, -0.1) is 0 Å². The number of carbonyl (C=O) groups excluding carboxylic acids is 5. The lowest BCUT2D eigenvalue weighted by atomic mass is 9.98. The first-order chi connectivity index (χ1) is 19.6. The van der Waals surface area contributed by atoms with E-state index in [-0.39, 0.29) is 18.1 Å². The number of carbonyl (C=O) groups is 6. The van der Waals surface area contributed by atoms with Gasteiger partial charge in [-0.05, 0) is 44.4 Å². The van der Waals surface area contributed by atoms with Gasteiger partial charge in [0.25, 0.3) is 0 Å². The van der Waals surface area contributed by atoms with Crippen LogP contribution in [0.1, 0.15) is 46.6 Å². The quantitative estimate of drug-likeness (QED) is 0.125. The topological polar surface area (TPSA) is 232 Å². The third-order valence-corrected chi connectivity index (χ3v) is 5.85. The van der Waals surface area contributed by atoms with Crippen molar-refractivity contribution >= 4 is 35.7 Å². The molecule has 0 aromatic heterocycles. The molecule has 0 saturated carbocycles. The Morgan fingerprint density at radius 1 is 0.857 bits per heavy atom. The third-order valence-electron chi connectivity index (χ3n) is 5.85. The minimum atomic E-state index is -1.52. The number of aliphatic hydroxyl groups is 1. The van der Waals surface area contributed by atoms with E-state index in [1.54, 1.807) is 34.6 Å². The zero-order valence-electron chi connectivity index (χ0n) is 24.4. The van der Waals surface area contributed by atoms with Crippen molar-refractivity contribution in [3.8, 4) is 5.75 Å². The Bertz CT molecular complexity index is 1100. The van der Waals surface area contributed by atoms with Crippen LogP contribution in [0.5, 0.6) is 5.75 Å². The molecule has 0 spiro atoms. The van der Waals surface area contributed by atoms with Gasteiger partial charge < -0.3 is 46.6 Å². The van der Waals surface area contributed by atoms with Crippen molar-refractivity contribution in [3.63, 3.8) is 0 Å². The van der Waals surface area contributed by atoms with Crippen molar-refractivity contribution in [1.82, 2.24) is 26.6 Å². The molecule has 234 valence electrons. The molecule has 0 aliphatic rings. The Kier molecular flexibility index (Phi) is 14.2. The van der Waals surface area contributed by atoms with Crippen molar-refractivity contribution in [2.45, 2.75) is 71.2 Å². The summed E-state index contributed by atoms with van der Waals surface area (Å²) in [5, 5.41) is 39.8. The van der Waals surface area contributed by atoms with Gasteiger partial charge in [-0.25, -0.2) is 4.79 Å². The first-order valence-corrected chi connectivity index (χ1v) is 13.3. The fourth-order valence-electron chi connectivity index (χ4n) is 3.47. The van der Waals surface area contributed by atoms with Gasteiger partial charge in [0, 0.05) is 6.42 Å². The van der Waals surface area contributed by atoms with E-state index in [9.17, 15) is 39.0 Å². The highest BCUT2D eigenvalue weighted by atomic mass is 16.6. The number of amides is 5. The molecule has 15 nitrogen and oxygen atoms in total. The Balaban J connectivity index is 3.04. The van der Waals surface area contributed by atoms with Gasteiger partial charge in [0.1, 0.15) is 36.0 Å². The molecule has 1 rings (SSSR count). The maximum atomic E-state index is 13.1. The number of nitrogens with one attached hydrogen (secondary N) is 5. The first kappa shape index (κ1) is 35.6. The summed E-state index contributed by atoms with van der Waals surface area (Å²) >= 11 is 0. The Hall–Kier alpha value is -4.40. The second-order valence-electron chi connectivity index (χ2n) is 10.6. The fraction of sp³-hybridized carbons (Fsp3) is 0.556. The second-order valence-corrected chi connectivity index (χ2v) is 10.6. The molecular formula is C27H41N5O10. The number of hydrogen-bond donors (Lipinski definition) is 8. The van der Waals surface area contributed by atoms with E-state index in [0.29, 0.717) is 12.0 Å². The standard InChI is InChI=1S/C27H41N5O10/c1-6-15(2)22(32-26(41)42-27(3,4)5)25(40)31-19(14-33)24(39)30-18(11-16-7-9-17(34)10-8-16)23(38)29-12-20(35)28-13-21(36)37/h7-10,15,18-19,22,33-34H,6,11-14H2,1-5H3,(H,28,35)(H,29,38)(H,30,39)(H,31,40)(H,32,41)(H,36,37)/t15-,18-,19-,22-/m0/s1. The minimum Gasteiger partial charge on any atom is -0.508 e. The van der Waals surface area contributed by atoms with E-state index < -0.39 is 79.1 Å². The summed E-state index contributed by atoms with van der Waals surface area (Å²) in [4.78, 5) is 73.9. The van der Waals surface area contributed by atoms with Crippen molar-refractivity contribution in [2.75, 3.05) is 19.7 Å². The van der Waals surface area contributed by atoms with Crippen molar-refractivity contribution in [3.05, 3.63) is 29.8 Å². The van der Waals surface area contributed by atoms with Crippen LogP contribution < -0.4 is 26.6 Å². The number of rotatable bonds is 15. The average Bonchev–Trinajstić information content (AvgIpc) is 2.91. The number of phenolic OH excluding ortho intramolecular Hbond substituents is 1. The number of carboxylic acid groups (broad SMARTS) is 1. The molecule has 0 heterocycles. The zero-order chi connectivity index (χ0) is 32.0. The number of alkyl carbamates (subject to hydrolysis) is 1. The number of benzene rings is 1. The van der Waals surface area contributed by atoms with Gasteiger partial charge in [0.2, 0.25) is 23.6 Å². The maximum Gasteiger partial charge on any atom is 0.408 e. The molecule has 0 saturated heterocycles. The number of phenols is 1. The summed E-state index contributed by atoms with van der Waals surface area (Å²) in [5.74, 6) is -4.97. The molecule has 0 bridgehead atoms. The third kappa shape index (κ3) is 13.3. The Morgan fingerprint density at radius 3 is 1.98 bits per heavy atom. The van der Waals surface area contributed by atoms with E-state index in [1.165, 1.54) is 24.3 Å². The summed E-state index contributed by atoms with van der Waals surface area (Å²) in [6, 6.07) is 1.83. The second kappa shape index (κ2) is 16.8. The van der Waals surface area contributed by atoms with Crippen LogP contribution >= 0.6 is 0 Å². The van der Waals surface area contributed by atoms with Crippen LogP contribution in [0, 0.1) is 5.92 Å². The highest BCUT2D eigenvalue weighted by molar-refractivity contribution is 5.95. The molecule has 8 N–H and O–H groups in total. The number of aromatic hydroxyl groups is 1. The van der Waals surface area contributed by atoms with E-state index in [4.69, 9.17) is 9.84 Å². The van der Waals surface area contributed by atoms with Gasteiger partial charge >= 0.3 is 12.1 Å². The molecular weight excluding hydrogens is 554 g/mol. The molecule has 42 heavy (non-hydrogen) atoms. The van der Waals surface area contributed by atoms with Gasteiger partial charge in [-0.3, -0.25) is 24.0 Å². The van der Waals surface area contributed by atoms with E-state index in [1.807, 2.05) is 0 Å². The largest absolute Gasteiger partial charge is 0.508 e. The van der Waals surface area contributed by atoms with Crippen LogP contribution in [0.25, 0.3) is 0 Å². The summed E-state index contributed by atoms with van der Waals surface area (Å²) in [5.41, 5.74) is -0.301. The molecule has 0 radical (unpaired) electrons. The van der Waals surface area contributed by atoms with Crippen molar-refractivity contribution in [2.24, 2.45) is 5.92 Å². The summed E-state index contributed by atoms with van der Waals surface area (Å²) in [7, 11) is 0. The van der Waals surface area contributed by atoms with Crippen LogP contribution in [0.4, 0.5) is 4.79 Å². The van der Waals surface area contributed by atoms with Gasteiger partial charge in [-0.2, -0.15) is 0 Å². The van der Waals surface area contributed by atoms with Crippen LogP contribution in [0.2, 0.25) is 0 Å². The van der Waals surface area contributed by atoms with E-state index in [0.717, 1.165) is 0 Å². The smallest absolute Gasteiger partial charge is 0.408 e. The Morgan fingerprint density at radius 2 is 1.45 bits per heavy atom. The van der Waals surface area contributed by atoms with Crippen LogP contribution in [0.15, 0.2) is 24.3 Å². The van der Waals surface area contributed by atoms with Gasteiger partial charge in [-0.1, -0.05) is 32.4 Å². The lowest BCUT2D eigenvalue weighted by Gasteiger charge is -2.28. The molecule has 5 amide bonds. The maximum absolute atomic E-state index is 13.1. The van der Waals surface area contributed by atoms with Crippen molar-refractivity contribution < 1.29 is 48.8 Å². The molecule has 1 aromatic carbocycles.